The number of ether oxygens (including phenoxy) is 1. The monoisotopic (exact) mass is 291 g/mol. The predicted octanol–water partition coefficient (Wildman–Crippen LogP) is 3.20. The molecule has 0 radical (unpaired) electrons. The maximum absolute atomic E-state index is 5.65. The zero-order valence-electron chi connectivity index (χ0n) is 12.0. The van der Waals surface area contributed by atoms with Gasteiger partial charge in [-0.3, -0.25) is 0 Å². The summed E-state index contributed by atoms with van der Waals surface area (Å²) >= 11 is 1.68. The molecule has 2 aromatic rings. The maximum Gasteiger partial charge on any atom is 0.190 e. The van der Waals surface area contributed by atoms with Gasteiger partial charge in [0.1, 0.15) is 5.75 Å². The first-order valence-electron chi connectivity index (χ1n) is 6.84. The molecule has 2 N–H and O–H groups in total. The highest BCUT2D eigenvalue weighted by atomic mass is 32.1. The third-order valence-corrected chi connectivity index (χ3v) is 4.02. The number of methoxy groups -OCH3 is 1. The summed E-state index contributed by atoms with van der Waals surface area (Å²) in [5.74, 6) is 0.862. The van der Waals surface area contributed by atoms with Gasteiger partial charge in [-0.15, -0.1) is 11.3 Å². The lowest BCUT2D eigenvalue weighted by molar-refractivity contribution is 0.415. The van der Waals surface area contributed by atoms with Crippen molar-refractivity contribution in [3.8, 4) is 5.75 Å². The quantitative estimate of drug-likeness (QED) is 0.851. The molecule has 2 rings (SSSR count). The minimum atomic E-state index is 0.679. The molecule has 5 heteroatoms. The minimum Gasteiger partial charge on any atom is -0.497 e. The van der Waals surface area contributed by atoms with Gasteiger partial charge in [-0.1, -0.05) is 6.92 Å². The molecule has 1 aromatic heterocycles. The van der Waals surface area contributed by atoms with Gasteiger partial charge in [-0.05, 0) is 43.7 Å². The van der Waals surface area contributed by atoms with Gasteiger partial charge in [-0.2, -0.15) is 0 Å². The summed E-state index contributed by atoms with van der Waals surface area (Å²) in [4.78, 5) is 6.89. The second-order valence-corrected chi connectivity index (χ2v) is 5.30. The van der Waals surface area contributed by atoms with E-state index in [1.807, 2.05) is 12.1 Å². The summed E-state index contributed by atoms with van der Waals surface area (Å²) in [5, 5.41) is 3.15. The number of anilines is 2. The van der Waals surface area contributed by atoms with Crippen LogP contribution in [-0.4, -0.2) is 25.2 Å². The lowest BCUT2D eigenvalue weighted by atomic mass is 10.2. The molecule has 4 nitrogen and oxygen atoms in total. The van der Waals surface area contributed by atoms with E-state index < -0.39 is 0 Å². The van der Waals surface area contributed by atoms with Gasteiger partial charge in [0.05, 0.1) is 12.8 Å². The molecule has 1 aromatic carbocycles. The number of rotatable bonds is 7. The average molecular weight is 291 g/mol. The van der Waals surface area contributed by atoms with Crippen LogP contribution in [0, 0.1) is 0 Å². The van der Waals surface area contributed by atoms with Gasteiger partial charge in [0.2, 0.25) is 0 Å². The van der Waals surface area contributed by atoms with E-state index in [2.05, 4.69) is 34.3 Å². The van der Waals surface area contributed by atoms with Gasteiger partial charge >= 0.3 is 0 Å². The molecule has 0 aliphatic heterocycles. The summed E-state index contributed by atoms with van der Waals surface area (Å²) < 4.78 is 5.21. The Kier molecular flexibility index (Phi) is 5.38. The van der Waals surface area contributed by atoms with Crippen molar-refractivity contribution in [3.05, 3.63) is 35.3 Å². The van der Waals surface area contributed by atoms with Crippen LogP contribution < -0.4 is 15.4 Å². The normalized spacial score (nSPS) is 10.6. The van der Waals surface area contributed by atoms with E-state index in [-0.39, 0.29) is 0 Å². The Labute approximate surface area is 124 Å². The zero-order chi connectivity index (χ0) is 14.4. The van der Waals surface area contributed by atoms with Crippen LogP contribution in [-0.2, 0) is 6.42 Å². The minimum absolute atomic E-state index is 0.679. The highest BCUT2D eigenvalue weighted by Crippen LogP contribution is 2.30. The molecule has 0 fully saturated rings. The number of nitrogens with zero attached hydrogens (tertiary/aromatic N) is 2. The van der Waals surface area contributed by atoms with Crippen LogP contribution in [0.25, 0.3) is 0 Å². The first kappa shape index (κ1) is 14.8. The van der Waals surface area contributed by atoms with Gasteiger partial charge < -0.3 is 15.4 Å². The molecule has 0 aliphatic carbocycles. The number of hydrogen-bond acceptors (Lipinski definition) is 5. The van der Waals surface area contributed by atoms with Crippen molar-refractivity contribution in [2.24, 2.45) is 5.73 Å². The Morgan fingerprint density at radius 2 is 2.05 bits per heavy atom. The molecule has 108 valence electrons. The van der Waals surface area contributed by atoms with Crippen LogP contribution in [0.1, 0.15) is 19.0 Å². The van der Waals surface area contributed by atoms with E-state index in [9.17, 15) is 0 Å². The molecular weight excluding hydrogens is 270 g/mol. The summed E-state index contributed by atoms with van der Waals surface area (Å²) in [5.41, 5.74) is 7.90. The Bertz CT molecular complexity index is 524. The molecule has 0 bridgehead atoms. The van der Waals surface area contributed by atoms with Gasteiger partial charge in [0.25, 0.3) is 0 Å². The number of thiazole rings is 1. The van der Waals surface area contributed by atoms with Crippen LogP contribution in [0.5, 0.6) is 5.75 Å². The van der Waals surface area contributed by atoms with Crippen molar-refractivity contribution in [1.82, 2.24) is 4.98 Å². The van der Waals surface area contributed by atoms with Crippen molar-refractivity contribution >= 4 is 22.2 Å². The topological polar surface area (TPSA) is 51.4 Å². The van der Waals surface area contributed by atoms with Crippen molar-refractivity contribution in [2.45, 2.75) is 19.8 Å². The van der Waals surface area contributed by atoms with Crippen LogP contribution in [0.15, 0.2) is 29.6 Å². The SMILES string of the molecule is CCc1csc(N(CCCN)c2ccc(OC)cc2)n1. The number of aryl methyl sites for hydroxylation is 1. The summed E-state index contributed by atoms with van der Waals surface area (Å²) in [6.07, 6.45) is 1.90. The highest BCUT2D eigenvalue weighted by Gasteiger charge is 2.13. The van der Waals surface area contributed by atoms with Gasteiger partial charge in [0, 0.05) is 17.6 Å². The fraction of sp³-hybridized carbons (Fsp3) is 0.400. The van der Waals surface area contributed by atoms with Crippen molar-refractivity contribution < 1.29 is 4.74 Å². The molecule has 0 unspecified atom stereocenters. The lowest BCUT2D eigenvalue weighted by Crippen LogP contribution is -2.20. The fourth-order valence-corrected chi connectivity index (χ4v) is 2.88. The van der Waals surface area contributed by atoms with E-state index in [4.69, 9.17) is 10.5 Å². The summed E-state index contributed by atoms with van der Waals surface area (Å²) in [6, 6.07) is 8.06. The Balaban J connectivity index is 2.25. The molecular formula is C15H21N3OS. The van der Waals surface area contributed by atoms with E-state index >= 15 is 0 Å². The second-order valence-electron chi connectivity index (χ2n) is 4.47. The zero-order valence-corrected chi connectivity index (χ0v) is 12.8. The third kappa shape index (κ3) is 3.49. The van der Waals surface area contributed by atoms with E-state index in [0.717, 1.165) is 41.6 Å². The highest BCUT2D eigenvalue weighted by molar-refractivity contribution is 7.13. The average Bonchev–Trinajstić information content (AvgIpc) is 2.97. The van der Waals surface area contributed by atoms with Crippen LogP contribution >= 0.6 is 11.3 Å². The number of nitrogens with two attached hydrogens (primary N) is 1. The van der Waals surface area contributed by atoms with Crippen molar-refractivity contribution in [3.63, 3.8) is 0 Å². The van der Waals surface area contributed by atoms with Gasteiger partial charge in [0.15, 0.2) is 5.13 Å². The largest absolute Gasteiger partial charge is 0.497 e. The second kappa shape index (κ2) is 7.26. The van der Waals surface area contributed by atoms with Crippen molar-refractivity contribution in [1.29, 1.82) is 0 Å². The summed E-state index contributed by atoms with van der Waals surface area (Å²) in [6.45, 7) is 3.68. The van der Waals surface area contributed by atoms with E-state index in [0.29, 0.717) is 6.54 Å². The molecule has 0 atom stereocenters. The van der Waals surface area contributed by atoms with Crippen LogP contribution in [0.3, 0.4) is 0 Å². The standard InChI is InChI=1S/C15H21N3OS/c1-3-12-11-20-15(17-12)18(10-4-9-16)13-5-7-14(19-2)8-6-13/h5-8,11H,3-4,9-10,16H2,1-2H3. The Morgan fingerprint density at radius 1 is 1.30 bits per heavy atom. The number of aromatic nitrogens is 1. The van der Waals surface area contributed by atoms with Crippen LogP contribution in [0.2, 0.25) is 0 Å². The van der Waals surface area contributed by atoms with Crippen LogP contribution in [0.4, 0.5) is 10.8 Å². The maximum atomic E-state index is 5.65. The number of benzene rings is 1. The van der Waals surface area contributed by atoms with Gasteiger partial charge in [-0.25, -0.2) is 4.98 Å². The molecule has 20 heavy (non-hydrogen) atoms. The Hall–Kier alpha value is -1.59. The summed E-state index contributed by atoms with van der Waals surface area (Å²) in [7, 11) is 1.68. The first-order valence-corrected chi connectivity index (χ1v) is 7.72. The fourth-order valence-electron chi connectivity index (χ4n) is 1.93. The number of hydrogen-bond donors (Lipinski definition) is 1. The smallest absolute Gasteiger partial charge is 0.190 e. The predicted molar refractivity (Wildman–Crippen MR) is 85.2 cm³/mol. The molecule has 0 aliphatic rings. The molecule has 0 saturated heterocycles. The molecule has 0 amide bonds. The van der Waals surface area contributed by atoms with E-state index in [1.165, 1.54) is 0 Å². The third-order valence-electron chi connectivity index (χ3n) is 3.10. The molecule has 0 spiro atoms. The van der Waals surface area contributed by atoms with E-state index in [1.54, 1.807) is 18.4 Å². The van der Waals surface area contributed by atoms with Crippen molar-refractivity contribution in [2.75, 3.05) is 25.1 Å². The molecule has 0 saturated carbocycles. The molecule has 1 heterocycles. The lowest BCUT2D eigenvalue weighted by Gasteiger charge is -2.22. The Morgan fingerprint density at radius 3 is 2.60 bits per heavy atom. The first-order chi connectivity index (χ1) is 9.78.